The van der Waals surface area contributed by atoms with E-state index in [9.17, 15) is 0 Å². The van der Waals surface area contributed by atoms with Crippen LogP contribution in [-0.2, 0) is 0 Å². The molecule has 1 rings (SSSR count). The predicted octanol–water partition coefficient (Wildman–Crippen LogP) is 0.610. The average Bonchev–Trinajstić information content (AvgIpc) is 2.21. The topological polar surface area (TPSA) is 52.5 Å². The standard InChI is InChI=1S/C11H17NO2/c1-9-2-4-10(5-3-9)11(8-14)12-6-7-13/h2-5,11-14H,6-8H2,1H3. The van der Waals surface area contributed by atoms with E-state index >= 15 is 0 Å². The maximum Gasteiger partial charge on any atom is 0.0626 e. The van der Waals surface area contributed by atoms with Crippen molar-refractivity contribution in [2.45, 2.75) is 13.0 Å². The van der Waals surface area contributed by atoms with Gasteiger partial charge in [0.1, 0.15) is 0 Å². The fourth-order valence-corrected chi connectivity index (χ4v) is 1.33. The summed E-state index contributed by atoms with van der Waals surface area (Å²) in [6, 6.07) is 7.92. The van der Waals surface area contributed by atoms with Crippen LogP contribution < -0.4 is 5.32 Å². The van der Waals surface area contributed by atoms with E-state index in [0.29, 0.717) is 6.54 Å². The SMILES string of the molecule is Cc1ccc(C(CO)NCCO)cc1. The summed E-state index contributed by atoms with van der Waals surface area (Å²) in [5.41, 5.74) is 2.25. The molecule has 3 nitrogen and oxygen atoms in total. The number of aliphatic hydroxyl groups is 2. The van der Waals surface area contributed by atoms with Crippen molar-refractivity contribution in [3.8, 4) is 0 Å². The summed E-state index contributed by atoms with van der Waals surface area (Å²) in [4.78, 5) is 0. The maximum absolute atomic E-state index is 9.13. The molecule has 0 spiro atoms. The number of aryl methyl sites for hydroxylation is 1. The second-order valence-electron chi connectivity index (χ2n) is 3.32. The first-order valence-corrected chi connectivity index (χ1v) is 4.79. The van der Waals surface area contributed by atoms with Crippen molar-refractivity contribution < 1.29 is 10.2 Å². The third kappa shape index (κ3) is 3.10. The Morgan fingerprint density at radius 2 is 1.86 bits per heavy atom. The highest BCUT2D eigenvalue weighted by Crippen LogP contribution is 2.12. The van der Waals surface area contributed by atoms with Crippen molar-refractivity contribution >= 4 is 0 Å². The summed E-state index contributed by atoms with van der Waals surface area (Å²) in [6.07, 6.45) is 0. The Labute approximate surface area is 84.4 Å². The van der Waals surface area contributed by atoms with Gasteiger partial charge in [-0.15, -0.1) is 0 Å². The summed E-state index contributed by atoms with van der Waals surface area (Å²) < 4.78 is 0. The van der Waals surface area contributed by atoms with E-state index in [1.54, 1.807) is 0 Å². The van der Waals surface area contributed by atoms with Gasteiger partial charge in [0.05, 0.1) is 19.3 Å². The third-order valence-corrected chi connectivity index (χ3v) is 2.16. The molecule has 0 bridgehead atoms. The molecule has 0 aliphatic carbocycles. The van der Waals surface area contributed by atoms with Crippen molar-refractivity contribution in [2.24, 2.45) is 0 Å². The Bertz CT molecular complexity index is 258. The van der Waals surface area contributed by atoms with Crippen LogP contribution in [0, 0.1) is 6.92 Å². The number of nitrogens with one attached hydrogen (secondary N) is 1. The van der Waals surface area contributed by atoms with Gasteiger partial charge >= 0.3 is 0 Å². The summed E-state index contributed by atoms with van der Waals surface area (Å²) in [6.45, 7) is 2.66. The monoisotopic (exact) mass is 195 g/mol. The van der Waals surface area contributed by atoms with E-state index in [4.69, 9.17) is 10.2 Å². The Balaban J connectivity index is 2.64. The lowest BCUT2D eigenvalue weighted by atomic mass is 10.1. The highest BCUT2D eigenvalue weighted by molar-refractivity contribution is 5.24. The van der Waals surface area contributed by atoms with E-state index in [0.717, 1.165) is 5.56 Å². The van der Waals surface area contributed by atoms with Gasteiger partial charge < -0.3 is 15.5 Å². The molecule has 1 aromatic carbocycles. The fourth-order valence-electron chi connectivity index (χ4n) is 1.33. The lowest BCUT2D eigenvalue weighted by Gasteiger charge is -2.15. The summed E-state index contributed by atoms with van der Waals surface area (Å²) in [5.74, 6) is 0. The molecule has 78 valence electrons. The molecular weight excluding hydrogens is 178 g/mol. The van der Waals surface area contributed by atoms with Crippen molar-refractivity contribution in [2.75, 3.05) is 19.8 Å². The molecule has 1 unspecified atom stereocenters. The first kappa shape index (κ1) is 11.2. The zero-order valence-electron chi connectivity index (χ0n) is 8.40. The highest BCUT2D eigenvalue weighted by Gasteiger charge is 2.07. The molecule has 1 aromatic rings. The molecule has 0 aromatic heterocycles. The normalized spacial score (nSPS) is 12.8. The van der Waals surface area contributed by atoms with E-state index in [1.807, 2.05) is 31.2 Å². The molecule has 14 heavy (non-hydrogen) atoms. The zero-order valence-corrected chi connectivity index (χ0v) is 8.40. The van der Waals surface area contributed by atoms with Crippen LogP contribution >= 0.6 is 0 Å². The number of hydrogen-bond acceptors (Lipinski definition) is 3. The van der Waals surface area contributed by atoms with Gasteiger partial charge in [-0.05, 0) is 12.5 Å². The van der Waals surface area contributed by atoms with Gasteiger partial charge in [0.2, 0.25) is 0 Å². The van der Waals surface area contributed by atoms with E-state index in [2.05, 4.69) is 5.32 Å². The van der Waals surface area contributed by atoms with Crippen LogP contribution in [0.25, 0.3) is 0 Å². The zero-order chi connectivity index (χ0) is 10.4. The van der Waals surface area contributed by atoms with Crippen molar-refractivity contribution in [3.63, 3.8) is 0 Å². The number of aliphatic hydroxyl groups excluding tert-OH is 2. The number of benzene rings is 1. The maximum atomic E-state index is 9.13. The molecule has 0 heterocycles. The molecular formula is C11H17NO2. The molecule has 0 aliphatic rings. The molecule has 0 saturated carbocycles. The van der Waals surface area contributed by atoms with Crippen LogP contribution in [0.2, 0.25) is 0 Å². The van der Waals surface area contributed by atoms with Gasteiger partial charge in [0.15, 0.2) is 0 Å². The highest BCUT2D eigenvalue weighted by atomic mass is 16.3. The average molecular weight is 195 g/mol. The van der Waals surface area contributed by atoms with Gasteiger partial charge in [-0.25, -0.2) is 0 Å². The van der Waals surface area contributed by atoms with Crippen LogP contribution in [0.15, 0.2) is 24.3 Å². The molecule has 1 atom stereocenters. The van der Waals surface area contributed by atoms with Crippen LogP contribution in [0.1, 0.15) is 17.2 Å². The molecule has 0 fully saturated rings. The van der Waals surface area contributed by atoms with Gasteiger partial charge in [-0.1, -0.05) is 29.8 Å². The molecule has 0 radical (unpaired) electrons. The third-order valence-electron chi connectivity index (χ3n) is 2.16. The second-order valence-corrected chi connectivity index (χ2v) is 3.32. The smallest absolute Gasteiger partial charge is 0.0626 e. The van der Waals surface area contributed by atoms with Crippen LogP contribution in [0.3, 0.4) is 0 Å². The fraction of sp³-hybridized carbons (Fsp3) is 0.455. The molecule has 3 N–H and O–H groups in total. The minimum atomic E-state index is -0.0808. The Morgan fingerprint density at radius 3 is 2.36 bits per heavy atom. The van der Waals surface area contributed by atoms with Gasteiger partial charge in [-0.2, -0.15) is 0 Å². The number of rotatable bonds is 5. The van der Waals surface area contributed by atoms with Crippen LogP contribution in [-0.4, -0.2) is 30.0 Å². The first-order valence-electron chi connectivity index (χ1n) is 4.79. The van der Waals surface area contributed by atoms with Gasteiger partial charge in [0.25, 0.3) is 0 Å². The predicted molar refractivity (Wildman–Crippen MR) is 56.1 cm³/mol. The minimum absolute atomic E-state index is 0.0447. The minimum Gasteiger partial charge on any atom is -0.395 e. The second kappa shape index (κ2) is 5.75. The summed E-state index contributed by atoms with van der Waals surface area (Å²) in [5, 5.41) is 20.8. The lowest BCUT2D eigenvalue weighted by Crippen LogP contribution is -2.27. The number of hydrogen-bond donors (Lipinski definition) is 3. The Morgan fingerprint density at radius 1 is 1.21 bits per heavy atom. The Hall–Kier alpha value is -0.900. The summed E-state index contributed by atoms with van der Waals surface area (Å²) in [7, 11) is 0. The van der Waals surface area contributed by atoms with Crippen molar-refractivity contribution in [1.82, 2.24) is 5.32 Å². The molecule has 0 aliphatic heterocycles. The van der Waals surface area contributed by atoms with E-state index < -0.39 is 0 Å². The van der Waals surface area contributed by atoms with E-state index in [-0.39, 0.29) is 19.3 Å². The lowest BCUT2D eigenvalue weighted by molar-refractivity contribution is 0.227. The van der Waals surface area contributed by atoms with Crippen molar-refractivity contribution in [1.29, 1.82) is 0 Å². The first-order chi connectivity index (χ1) is 6.77. The van der Waals surface area contributed by atoms with Crippen LogP contribution in [0.4, 0.5) is 0 Å². The molecule has 3 heteroatoms. The van der Waals surface area contributed by atoms with Gasteiger partial charge in [0, 0.05) is 6.54 Å². The summed E-state index contributed by atoms with van der Waals surface area (Å²) >= 11 is 0. The van der Waals surface area contributed by atoms with Crippen molar-refractivity contribution in [3.05, 3.63) is 35.4 Å². The quantitative estimate of drug-likeness (QED) is 0.645. The molecule has 0 saturated heterocycles. The van der Waals surface area contributed by atoms with Crippen LogP contribution in [0.5, 0.6) is 0 Å². The van der Waals surface area contributed by atoms with E-state index in [1.165, 1.54) is 5.56 Å². The van der Waals surface area contributed by atoms with Gasteiger partial charge in [-0.3, -0.25) is 0 Å². The molecule has 0 amide bonds. The largest absolute Gasteiger partial charge is 0.395 e. The Kier molecular flexibility index (Phi) is 4.59.